The molecule has 0 aliphatic rings. The number of carbonyl (C=O) groups excluding carboxylic acids is 1. The predicted octanol–water partition coefficient (Wildman–Crippen LogP) is 5.69. The molecule has 0 heterocycles. The molecule has 1 atom stereocenters. The van der Waals surface area contributed by atoms with Gasteiger partial charge in [-0.3, -0.25) is 0 Å². The molecule has 0 amide bonds. The van der Waals surface area contributed by atoms with E-state index in [0.717, 1.165) is 31.2 Å². The molecule has 2 aromatic carbocycles. The number of unbranched alkanes of at least 4 members (excludes halogenated alkanes) is 3. The number of aliphatic hydroxyl groups excluding tert-OH is 1. The number of aliphatic hydroxyl groups is 1. The lowest BCUT2D eigenvalue weighted by atomic mass is 10.0. The minimum atomic E-state index is -4.69. The Morgan fingerprint density at radius 1 is 0.963 bits per heavy atom. The number of halogens is 3. The summed E-state index contributed by atoms with van der Waals surface area (Å²) < 4.78 is 42.8. The van der Waals surface area contributed by atoms with Crippen LogP contribution in [0.4, 0.5) is 13.2 Å². The Hall–Kier alpha value is -2.34. The molecule has 0 aliphatic heterocycles. The van der Waals surface area contributed by atoms with Gasteiger partial charge in [-0.25, -0.2) is 4.79 Å². The number of alkyl halides is 3. The van der Waals surface area contributed by atoms with Crippen LogP contribution in [-0.4, -0.2) is 23.9 Å². The molecule has 1 unspecified atom stereocenters. The highest BCUT2D eigenvalue weighted by Gasteiger charge is 2.39. The molecule has 0 radical (unpaired) electrons. The number of rotatable bonds is 8. The summed E-state index contributed by atoms with van der Waals surface area (Å²) in [6.07, 6.45) is -3.09. The van der Waals surface area contributed by atoms with Gasteiger partial charge in [-0.1, -0.05) is 62.6 Å². The molecule has 0 saturated heterocycles. The van der Waals surface area contributed by atoms with Gasteiger partial charge in [0.25, 0.3) is 0 Å². The van der Waals surface area contributed by atoms with Crippen LogP contribution in [0.5, 0.6) is 0 Å². The first-order valence-corrected chi connectivity index (χ1v) is 8.95. The largest absolute Gasteiger partial charge is 0.462 e. The van der Waals surface area contributed by atoms with E-state index >= 15 is 0 Å². The van der Waals surface area contributed by atoms with Gasteiger partial charge in [0.1, 0.15) is 0 Å². The summed E-state index contributed by atoms with van der Waals surface area (Å²) in [5.41, 5.74) is 1.66. The molecule has 0 aromatic heterocycles. The molecule has 0 bridgehead atoms. The summed E-state index contributed by atoms with van der Waals surface area (Å²) in [6.45, 7) is 2.50. The van der Waals surface area contributed by atoms with Crippen molar-refractivity contribution in [2.24, 2.45) is 0 Å². The van der Waals surface area contributed by atoms with E-state index in [-0.39, 0.29) is 11.5 Å². The molecule has 1 N–H and O–H groups in total. The maximum atomic E-state index is 12.5. The van der Waals surface area contributed by atoms with E-state index in [1.807, 2.05) is 0 Å². The van der Waals surface area contributed by atoms with E-state index in [1.54, 1.807) is 24.3 Å². The van der Waals surface area contributed by atoms with Crippen LogP contribution in [0.2, 0.25) is 0 Å². The summed E-state index contributed by atoms with van der Waals surface area (Å²) in [5, 5.41) is 9.26. The molecule has 27 heavy (non-hydrogen) atoms. The van der Waals surface area contributed by atoms with E-state index in [4.69, 9.17) is 4.74 Å². The Kier molecular flexibility index (Phi) is 7.42. The fourth-order valence-corrected chi connectivity index (χ4v) is 2.62. The molecule has 0 fully saturated rings. The van der Waals surface area contributed by atoms with Crippen LogP contribution in [-0.2, 0) is 4.74 Å². The van der Waals surface area contributed by atoms with Crippen molar-refractivity contribution in [2.75, 3.05) is 6.61 Å². The maximum absolute atomic E-state index is 12.5. The quantitative estimate of drug-likeness (QED) is 0.473. The molecule has 2 rings (SSSR count). The van der Waals surface area contributed by atoms with Crippen LogP contribution in [0.15, 0.2) is 48.5 Å². The summed E-state index contributed by atoms with van der Waals surface area (Å²) in [5.74, 6) is -0.387. The minimum Gasteiger partial charge on any atom is -0.462 e. The second kappa shape index (κ2) is 9.55. The molecule has 2 aromatic rings. The van der Waals surface area contributed by atoms with Gasteiger partial charge in [-0.05, 0) is 35.2 Å². The highest BCUT2D eigenvalue weighted by Crippen LogP contribution is 2.33. The van der Waals surface area contributed by atoms with Crippen molar-refractivity contribution < 1.29 is 27.8 Å². The lowest BCUT2D eigenvalue weighted by Crippen LogP contribution is -2.19. The van der Waals surface area contributed by atoms with Crippen molar-refractivity contribution in [1.29, 1.82) is 0 Å². The second-order valence-corrected chi connectivity index (χ2v) is 6.34. The van der Waals surface area contributed by atoms with Gasteiger partial charge in [0.2, 0.25) is 0 Å². The third-order valence-corrected chi connectivity index (χ3v) is 4.22. The fraction of sp³-hybridized carbons (Fsp3) is 0.381. The first-order chi connectivity index (χ1) is 12.8. The monoisotopic (exact) mass is 380 g/mol. The van der Waals surface area contributed by atoms with Crippen LogP contribution in [0, 0.1) is 0 Å². The van der Waals surface area contributed by atoms with Crippen molar-refractivity contribution in [2.45, 2.75) is 44.9 Å². The summed E-state index contributed by atoms with van der Waals surface area (Å²) >= 11 is 0. The van der Waals surface area contributed by atoms with E-state index < -0.39 is 12.3 Å². The van der Waals surface area contributed by atoms with Crippen molar-refractivity contribution >= 4 is 5.97 Å². The Morgan fingerprint density at radius 2 is 1.52 bits per heavy atom. The number of benzene rings is 2. The standard InChI is InChI=1S/C21H23F3O3/c1-2-3-4-5-14-27-20(26)18-12-8-16(9-13-18)15-6-10-17(11-7-15)19(25)21(22,23)24/h6-13,19,25H,2-5,14H2,1H3. The number of esters is 1. The average Bonchev–Trinajstić information content (AvgIpc) is 2.66. The molecule has 0 spiro atoms. The number of ether oxygens (including phenoxy) is 1. The molecule has 6 heteroatoms. The normalized spacial score (nSPS) is 12.6. The van der Waals surface area contributed by atoms with E-state index in [1.165, 1.54) is 24.3 Å². The fourth-order valence-electron chi connectivity index (χ4n) is 2.62. The van der Waals surface area contributed by atoms with Gasteiger partial charge >= 0.3 is 12.1 Å². The molecular formula is C21H23F3O3. The Labute approximate surface area is 156 Å². The van der Waals surface area contributed by atoms with Crippen molar-refractivity contribution in [3.05, 3.63) is 59.7 Å². The van der Waals surface area contributed by atoms with Crippen molar-refractivity contribution in [1.82, 2.24) is 0 Å². The Balaban J connectivity index is 1.97. The number of carbonyl (C=O) groups is 1. The summed E-state index contributed by atoms with van der Waals surface area (Å²) in [4.78, 5) is 12.0. The van der Waals surface area contributed by atoms with Crippen LogP contribution in [0.1, 0.15) is 54.6 Å². The molecule has 146 valence electrons. The van der Waals surface area contributed by atoms with Gasteiger partial charge < -0.3 is 9.84 Å². The van der Waals surface area contributed by atoms with Crippen LogP contribution in [0.25, 0.3) is 11.1 Å². The lowest BCUT2D eigenvalue weighted by molar-refractivity contribution is -0.206. The molecule has 0 aliphatic carbocycles. The molecule has 0 saturated carbocycles. The zero-order valence-corrected chi connectivity index (χ0v) is 15.1. The first kappa shape index (κ1) is 21.0. The van der Waals surface area contributed by atoms with Gasteiger partial charge in [-0.15, -0.1) is 0 Å². The van der Waals surface area contributed by atoms with Crippen molar-refractivity contribution in [3.63, 3.8) is 0 Å². The highest BCUT2D eigenvalue weighted by atomic mass is 19.4. The minimum absolute atomic E-state index is 0.213. The average molecular weight is 380 g/mol. The SMILES string of the molecule is CCCCCCOC(=O)c1ccc(-c2ccc(C(O)C(F)(F)F)cc2)cc1. The van der Waals surface area contributed by atoms with Crippen molar-refractivity contribution in [3.8, 4) is 11.1 Å². The van der Waals surface area contributed by atoms with Crippen LogP contribution in [0.3, 0.4) is 0 Å². The van der Waals surface area contributed by atoms with E-state index in [0.29, 0.717) is 17.7 Å². The van der Waals surface area contributed by atoms with Gasteiger partial charge in [-0.2, -0.15) is 13.2 Å². The zero-order valence-electron chi connectivity index (χ0n) is 15.1. The topological polar surface area (TPSA) is 46.5 Å². The van der Waals surface area contributed by atoms with Crippen LogP contribution < -0.4 is 0 Å². The van der Waals surface area contributed by atoms with E-state index in [2.05, 4.69) is 6.92 Å². The predicted molar refractivity (Wildman–Crippen MR) is 97.3 cm³/mol. The van der Waals surface area contributed by atoms with Gasteiger partial charge in [0.15, 0.2) is 6.10 Å². The third-order valence-electron chi connectivity index (χ3n) is 4.22. The lowest BCUT2D eigenvalue weighted by Gasteiger charge is -2.15. The second-order valence-electron chi connectivity index (χ2n) is 6.34. The highest BCUT2D eigenvalue weighted by molar-refractivity contribution is 5.90. The summed E-state index contributed by atoms with van der Waals surface area (Å²) in [6, 6.07) is 12.2. The smallest absolute Gasteiger partial charge is 0.418 e. The maximum Gasteiger partial charge on any atom is 0.418 e. The third kappa shape index (κ3) is 6.10. The van der Waals surface area contributed by atoms with Gasteiger partial charge in [0, 0.05) is 0 Å². The number of hydrogen-bond acceptors (Lipinski definition) is 3. The first-order valence-electron chi connectivity index (χ1n) is 8.95. The molecule has 3 nitrogen and oxygen atoms in total. The summed E-state index contributed by atoms with van der Waals surface area (Å²) in [7, 11) is 0. The van der Waals surface area contributed by atoms with Gasteiger partial charge in [0.05, 0.1) is 12.2 Å². The van der Waals surface area contributed by atoms with E-state index in [9.17, 15) is 23.1 Å². The molecular weight excluding hydrogens is 357 g/mol. The number of hydrogen-bond donors (Lipinski definition) is 1. The zero-order chi connectivity index (χ0) is 19.9. The Morgan fingerprint density at radius 3 is 2.04 bits per heavy atom. The van der Waals surface area contributed by atoms with Crippen LogP contribution >= 0.6 is 0 Å². The Bertz CT molecular complexity index is 722.